The lowest BCUT2D eigenvalue weighted by atomic mass is 10.2. The summed E-state index contributed by atoms with van der Waals surface area (Å²) in [6.45, 7) is 0. The normalized spacial score (nSPS) is 10.6. The summed E-state index contributed by atoms with van der Waals surface area (Å²) in [5.74, 6) is -0.488. The molecule has 0 spiro atoms. The Balaban J connectivity index is 1.61. The minimum absolute atomic E-state index is 0.0411. The van der Waals surface area contributed by atoms with Crippen LogP contribution >= 0.6 is 0 Å². The van der Waals surface area contributed by atoms with Gasteiger partial charge in [0.05, 0.1) is 6.21 Å². The van der Waals surface area contributed by atoms with Crippen molar-refractivity contribution in [3.63, 3.8) is 0 Å². The quantitative estimate of drug-likeness (QED) is 0.508. The van der Waals surface area contributed by atoms with Gasteiger partial charge in [0.2, 0.25) is 11.8 Å². The molecule has 0 aliphatic carbocycles. The summed E-state index contributed by atoms with van der Waals surface area (Å²) in [5.41, 5.74) is 4.73. The van der Waals surface area contributed by atoms with E-state index in [1.807, 2.05) is 66.7 Å². The van der Waals surface area contributed by atoms with E-state index >= 15 is 0 Å². The van der Waals surface area contributed by atoms with Gasteiger partial charge >= 0.3 is 0 Å². The SMILES string of the molecule is O=C(CCC(=O)N(c1ccccc1)c1ccccc1)NN=Cc1cccnc1. The third kappa shape index (κ3) is 5.35. The predicted molar refractivity (Wildman–Crippen MR) is 109 cm³/mol. The lowest BCUT2D eigenvalue weighted by Gasteiger charge is -2.23. The first-order valence-corrected chi connectivity index (χ1v) is 8.89. The molecule has 1 aromatic heterocycles. The minimum Gasteiger partial charge on any atom is -0.281 e. The number of para-hydroxylation sites is 2. The Kier molecular flexibility index (Phi) is 6.62. The number of nitrogens with zero attached hydrogens (tertiary/aromatic N) is 3. The van der Waals surface area contributed by atoms with Gasteiger partial charge in [-0.2, -0.15) is 5.10 Å². The number of hydrazone groups is 1. The molecule has 1 N–H and O–H groups in total. The van der Waals surface area contributed by atoms with E-state index in [0.717, 1.165) is 16.9 Å². The molecule has 0 fully saturated rings. The van der Waals surface area contributed by atoms with Gasteiger partial charge in [-0.25, -0.2) is 5.43 Å². The van der Waals surface area contributed by atoms with Gasteiger partial charge in [0.1, 0.15) is 0 Å². The molecular formula is C22H20N4O2. The van der Waals surface area contributed by atoms with Crippen molar-refractivity contribution in [1.29, 1.82) is 0 Å². The predicted octanol–water partition coefficient (Wildman–Crippen LogP) is 3.68. The molecule has 6 heteroatoms. The molecule has 0 unspecified atom stereocenters. The number of rotatable bonds is 7. The van der Waals surface area contributed by atoms with Gasteiger partial charge in [-0.15, -0.1) is 0 Å². The molecule has 140 valence electrons. The van der Waals surface area contributed by atoms with Crippen LogP contribution in [0.25, 0.3) is 0 Å². The molecule has 0 aliphatic heterocycles. The summed E-state index contributed by atoms with van der Waals surface area (Å²) in [7, 11) is 0. The van der Waals surface area contributed by atoms with Crippen LogP contribution in [0.5, 0.6) is 0 Å². The molecule has 1 heterocycles. The monoisotopic (exact) mass is 372 g/mol. The fraction of sp³-hybridized carbons (Fsp3) is 0.0909. The Morgan fingerprint density at radius 1 is 0.893 bits per heavy atom. The lowest BCUT2D eigenvalue weighted by molar-refractivity contribution is -0.124. The molecule has 0 atom stereocenters. The molecule has 6 nitrogen and oxygen atoms in total. The van der Waals surface area contributed by atoms with E-state index in [1.165, 1.54) is 6.21 Å². The average molecular weight is 372 g/mol. The van der Waals surface area contributed by atoms with Gasteiger partial charge in [0.15, 0.2) is 0 Å². The topological polar surface area (TPSA) is 74.7 Å². The maximum atomic E-state index is 12.8. The number of pyridine rings is 1. The van der Waals surface area contributed by atoms with Crippen LogP contribution in [0.1, 0.15) is 18.4 Å². The highest BCUT2D eigenvalue weighted by atomic mass is 16.2. The summed E-state index contributed by atoms with van der Waals surface area (Å²) in [5, 5.41) is 3.89. The van der Waals surface area contributed by atoms with Gasteiger partial charge in [-0.05, 0) is 30.3 Å². The number of benzene rings is 2. The van der Waals surface area contributed by atoms with Gasteiger partial charge in [0, 0.05) is 42.2 Å². The molecule has 0 aliphatic rings. The number of carbonyl (C=O) groups is 2. The highest BCUT2D eigenvalue weighted by Gasteiger charge is 2.18. The molecule has 0 saturated carbocycles. The molecule has 2 amide bonds. The zero-order valence-corrected chi connectivity index (χ0v) is 15.2. The molecule has 0 radical (unpaired) electrons. The molecule has 0 saturated heterocycles. The van der Waals surface area contributed by atoms with Gasteiger partial charge in [-0.1, -0.05) is 42.5 Å². The number of aromatic nitrogens is 1. The third-order valence-electron chi connectivity index (χ3n) is 3.93. The first-order valence-electron chi connectivity index (χ1n) is 8.89. The van der Waals surface area contributed by atoms with Crippen LogP contribution in [-0.4, -0.2) is 23.0 Å². The molecular weight excluding hydrogens is 352 g/mol. The van der Waals surface area contributed by atoms with Crippen LogP contribution in [0, 0.1) is 0 Å². The first kappa shape index (κ1) is 19.0. The number of anilines is 2. The summed E-state index contributed by atoms with van der Waals surface area (Å²) >= 11 is 0. The van der Waals surface area contributed by atoms with E-state index in [0.29, 0.717) is 0 Å². The van der Waals surface area contributed by atoms with Gasteiger partial charge in [-0.3, -0.25) is 19.5 Å². The first-order chi connectivity index (χ1) is 13.7. The van der Waals surface area contributed by atoms with Crippen LogP contribution in [0.4, 0.5) is 11.4 Å². The molecule has 28 heavy (non-hydrogen) atoms. The van der Waals surface area contributed by atoms with Gasteiger partial charge < -0.3 is 0 Å². The fourth-order valence-corrected chi connectivity index (χ4v) is 2.61. The van der Waals surface area contributed by atoms with E-state index in [-0.39, 0.29) is 24.7 Å². The zero-order valence-electron chi connectivity index (χ0n) is 15.2. The molecule has 3 aromatic rings. The Labute approximate surface area is 163 Å². The van der Waals surface area contributed by atoms with Crippen LogP contribution in [0.15, 0.2) is 90.3 Å². The minimum atomic E-state index is -0.324. The van der Waals surface area contributed by atoms with E-state index in [1.54, 1.807) is 23.4 Å². The summed E-state index contributed by atoms with van der Waals surface area (Å²) in [6, 6.07) is 22.3. The van der Waals surface area contributed by atoms with Crippen LogP contribution in [0.3, 0.4) is 0 Å². The smallest absolute Gasteiger partial charge is 0.240 e. The number of amides is 2. The number of hydrogen-bond donors (Lipinski definition) is 1. The van der Waals surface area contributed by atoms with Crippen molar-refractivity contribution in [3.05, 3.63) is 90.8 Å². The van der Waals surface area contributed by atoms with Crippen molar-refractivity contribution in [2.75, 3.05) is 4.90 Å². The van der Waals surface area contributed by atoms with Crippen molar-refractivity contribution in [3.8, 4) is 0 Å². The van der Waals surface area contributed by atoms with E-state index in [9.17, 15) is 9.59 Å². The Morgan fingerprint density at radius 3 is 2.11 bits per heavy atom. The Morgan fingerprint density at radius 2 is 1.54 bits per heavy atom. The van der Waals surface area contributed by atoms with Gasteiger partial charge in [0.25, 0.3) is 0 Å². The Hall–Kier alpha value is -3.80. The van der Waals surface area contributed by atoms with E-state index in [4.69, 9.17) is 0 Å². The number of carbonyl (C=O) groups excluding carboxylic acids is 2. The summed E-state index contributed by atoms with van der Waals surface area (Å²) < 4.78 is 0. The van der Waals surface area contributed by atoms with Crippen LogP contribution in [-0.2, 0) is 9.59 Å². The second-order valence-electron chi connectivity index (χ2n) is 5.98. The lowest BCUT2D eigenvalue weighted by Crippen LogP contribution is -2.27. The molecule has 3 rings (SSSR count). The van der Waals surface area contributed by atoms with Crippen molar-refractivity contribution in [1.82, 2.24) is 10.4 Å². The van der Waals surface area contributed by atoms with Crippen molar-refractivity contribution in [2.24, 2.45) is 5.10 Å². The van der Waals surface area contributed by atoms with E-state index in [2.05, 4.69) is 15.5 Å². The molecule has 0 bridgehead atoms. The second-order valence-corrected chi connectivity index (χ2v) is 5.98. The standard InChI is InChI=1S/C22H20N4O2/c27-21(25-24-17-18-8-7-15-23-16-18)13-14-22(28)26(19-9-3-1-4-10-19)20-11-5-2-6-12-20/h1-12,15-17H,13-14H2,(H,25,27). The van der Waals surface area contributed by atoms with Crippen molar-refractivity contribution < 1.29 is 9.59 Å². The maximum Gasteiger partial charge on any atom is 0.240 e. The third-order valence-corrected chi connectivity index (χ3v) is 3.93. The molecule has 2 aromatic carbocycles. The average Bonchev–Trinajstić information content (AvgIpc) is 2.75. The summed E-state index contributed by atoms with van der Waals surface area (Å²) in [4.78, 5) is 30.4. The highest BCUT2D eigenvalue weighted by Crippen LogP contribution is 2.26. The highest BCUT2D eigenvalue weighted by molar-refractivity contribution is 6.01. The maximum absolute atomic E-state index is 12.8. The summed E-state index contributed by atoms with van der Waals surface area (Å²) in [6.07, 6.45) is 4.91. The number of hydrogen-bond acceptors (Lipinski definition) is 4. The zero-order chi connectivity index (χ0) is 19.6. The largest absolute Gasteiger partial charge is 0.281 e. The fourth-order valence-electron chi connectivity index (χ4n) is 2.61. The van der Waals surface area contributed by atoms with Crippen molar-refractivity contribution in [2.45, 2.75) is 12.8 Å². The van der Waals surface area contributed by atoms with Crippen molar-refractivity contribution >= 4 is 29.4 Å². The van der Waals surface area contributed by atoms with E-state index < -0.39 is 0 Å². The second kappa shape index (κ2) is 9.78. The Bertz CT molecular complexity index is 889. The number of nitrogens with one attached hydrogen (secondary N) is 1. The van der Waals surface area contributed by atoms with Crippen LogP contribution in [0.2, 0.25) is 0 Å². The van der Waals surface area contributed by atoms with Crippen LogP contribution < -0.4 is 10.3 Å².